The maximum atomic E-state index is 10.2. The van der Waals surface area contributed by atoms with Gasteiger partial charge in [-0.15, -0.1) is 0 Å². The van der Waals surface area contributed by atoms with E-state index in [0.717, 1.165) is 24.9 Å². The minimum absolute atomic E-state index is 0.239. The quantitative estimate of drug-likeness (QED) is 0.665. The Bertz CT molecular complexity index is 436. The number of benzene rings is 1. The molecule has 0 unspecified atom stereocenters. The topological polar surface area (TPSA) is 58.6 Å². The van der Waals surface area contributed by atoms with Gasteiger partial charge in [0.15, 0.2) is 0 Å². The summed E-state index contributed by atoms with van der Waals surface area (Å²) in [5, 5.41) is 3.30. The highest BCUT2D eigenvalue weighted by molar-refractivity contribution is 6.61. The monoisotopic (exact) mass is 326 g/mol. The second-order valence-electron chi connectivity index (χ2n) is 5.10. The predicted octanol–water partition coefficient (Wildman–Crippen LogP) is 2.43. The Morgan fingerprint density at radius 3 is 2.55 bits per heavy atom. The summed E-state index contributed by atoms with van der Waals surface area (Å²) in [7, 11) is 2.02. The van der Waals surface area contributed by atoms with Crippen LogP contribution >= 0.6 is 11.6 Å². The summed E-state index contributed by atoms with van der Waals surface area (Å²) in [5.41, 5.74) is 0.162. The number of carbonyl (C=O) groups excluding carboxylic acids is 2. The van der Waals surface area contributed by atoms with E-state index in [1.807, 2.05) is 37.4 Å². The van der Waals surface area contributed by atoms with Crippen molar-refractivity contribution in [3.63, 3.8) is 0 Å². The van der Waals surface area contributed by atoms with E-state index in [2.05, 4.69) is 15.0 Å². The lowest BCUT2D eigenvalue weighted by atomic mass is 10.1. The fraction of sp³-hybridized carbons (Fsp3) is 0.500. The molecule has 1 fully saturated rings. The van der Waals surface area contributed by atoms with Crippen molar-refractivity contribution in [2.45, 2.75) is 25.5 Å². The van der Waals surface area contributed by atoms with Crippen LogP contribution in [0.2, 0.25) is 0 Å². The van der Waals surface area contributed by atoms with Gasteiger partial charge in [-0.05, 0) is 38.5 Å². The molecule has 1 saturated heterocycles. The van der Waals surface area contributed by atoms with Crippen molar-refractivity contribution < 1.29 is 14.3 Å². The molecule has 0 bridgehead atoms. The van der Waals surface area contributed by atoms with E-state index in [1.54, 1.807) is 0 Å². The molecule has 0 aromatic heterocycles. The summed E-state index contributed by atoms with van der Waals surface area (Å²) in [6, 6.07) is 9.97. The molecule has 0 aliphatic carbocycles. The molecule has 5 nitrogen and oxygen atoms in total. The number of ether oxygens (including phenoxy) is 1. The lowest BCUT2D eigenvalue weighted by molar-refractivity contribution is -0.109. The van der Waals surface area contributed by atoms with Gasteiger partial charge in [-0.3, -0.25) is 4.90 Å². The van der Waals surface area contributed by atoms with Gasteiger partial charge in [0.1, 0.15) is 12.9 Å². The first-order chi connectivity index (χ1) is 10.6. The van der Waals surface area contributed by atoms with Crippen LogP contribution in [0, 0.1) is 0 Å². The lowest BCUT2D eigenvalue weighted by Crippen LogP contribution is -2.41. The van der Waals surface area contributed by atoms with E-state index in [0.29, 0.717) is 12.6 Å². The van der Waals surface area contributed by atoms with Crippen molar-refractivity contribution in [2.75, 3.05) is 26.7 Å². The molecule has 2 rings (SSSR count). The molecule has 0 spiro atoms. The summed E-state index contributed by atoms with van der Waals surface area (Å²) in [6.07, 6.45) is 3.32. The second-order valence-corrected chi connectivity index (χ2v) is 5.41. The van der Waals surface area contributed by atoms with Crippen molar-refractivity contribution >= 4 is 23.3 Å². The summed E-state index contributed by atoms with van der Waals surface area (Å²) >= 11 is 4.97. The maximum absolute atomic E-state index is 10.2. The number of likely N-dealkylation sites (N-methyl/N-ethyl adjacent to an activating group) is 1. The Hall–Kier alpha value is -1.43. The molecule has 6 heteroatoms. The van der Waals surface area contributed by atoms with Gasteiger partial charge in [0.05, 0.1) is 6.54 Å². The Labute approximate surface area is 136 Å². The molecule has 1 heterocycles. The van der Waals surface area contributed by atoms with Crippen molar-refractivity contribution in [1.82, 2.24) is 10.2 Å². The number of nitrogens with zero attached hydrogens (tertiary/aromatic N) is 1. The van der Waals surface area contributed by atoms with Crippen molar-refractivity contribution in [2.24, 2.45) is 0 Å². The van der Waals surface area contributed by atoms with Crippen LogP contribution in [-0.4, -0.2) is 49.3 Å². The van der Waals surface area contributed by atoms with Crippen LogP contribution in [0.1, 0.15) is 18.4 Å². The smallest absolute Gasteiger partial charge is 0.404 e. The zero-order valence-corrected chi connectivity index (χ0v) is 13.6. The minimum Gasteiger partial charge on any atom is -0.449 e. The fourth-order valence-corrected chi connectivity index (χ4v) is 2.28. The molecule has 1 N–H and O–H groups in total. The first-order valence-electron chi connectivity index (χ1n) is 7.34. The van der Waals surface area contributed by atoms with Crippen LogP contribution in [-0.2, 0) is 16.1 Å². The van der Waals surface area contributed by atoms with Crippen LogP contribution in [0.5, 0.6) is 0 Å². The van der Waals surface area contributed by atoms with E-state index in [9.17, 15) is 9.59 Å². The van der Waals surface area contributed by atoms with Crippen LogP contribution in [0.15, 0.2) is 30.3 Å². The lowest BCUT2D eigenvalue weighted by Gasteiger charge is -2.30. The molecular weight excluding hydrogens is 304 g/mol. The third kappa shape index (κ3) is 8.12. The number of hydrogen-bond donors (Lipinski definition) is 1. The van der Waals surface area contributed by atoms with Crippen LogP contribution in [0.3, 0.4) is 0 Å². The highest BCUT2D eigenvalue weighted by atomic mass is 35.5. The average molecular weight is 327 g/mol. The Morgan fingerprint density at radius 1 is 1.36 bits per heavy atom. The third-order valence-electron chi connectivity index (χ3n) is 3.49. The van der Waals surface area contributed by atoms with Crippen molar-refractivity contribution in [3.05, 3.63) is 35.9 Å². The normalized spacial score (nSPS) is 14.9. The van der Waals surface area contributed by atoms with Crippen molar-refractivity contribution in [1.29, 1.82) is 0 Å². The summed E-state index contributed by atoms with van der Waals surface area (Å²) in [5.74, 6) is 0. The molecule has 22 heavy (non-hydrogen) atoms. The zero-order chi connectivity index (χ0) is 16.2. The van der Waals surface area contributed by atoms with Gasteiger partial charge >= 0.3 is 5.43 Å². The number of carbonyl (C=O) groups is 2. The molecule has 1 aromatic rings. The van der Waals surface area contributed by atoms with Crippen LogP contribution in [0.4, 0.5) is 4.79 Å². The largest absolute Gasteiger partial charge is 0.449 e. The molecule has 0 atom stereocenters. The number of halogens is 1. The second kappa shape index (κ2) is 11.2. The predicted molar refractivity (Wildman–Crippen MR) is 87.1 cm³/mol. The standard InChI is InChI=1S/C8H7ClO2.C8H16N2O/c9-8(10)11-6-7-4-2-1-3-5-7;1-10(6-7-11)8-2-4-9-5-3-8/h1-5H,6H2;7-9H,2-6H2,1H3. The molecule has 0 amide bonds. The number of hydrogen-bond acceptors (Lipinski definition) is 5. The number of nitrogens with one attached hydrogen (secondary N) is 1. The first-order valence-corrected chi connectivity index (χ1v) is 7.72. The molecule has 1 aromatic carbocycles. The molecule has 0 radical (unpaired) electrons. The number of piperidine rings is 1. The fourth-order valence-electron chi connectivity index (χ4n) is 2.23. The van der Waals surface area contributed by atoms with E-state index in [4.69, 9.17) is 11.6 Å². The summed E-state index contributed by atoms with van der Waals surface area (Å²) in [4.78, 5) is 22.5. The van der Waals surface area contributed by atoms with Gasteiger partial charge in [-0.25, -0.2) is 4.79 Å². The Kier molecular flexibility index (Phi) is 9.46. The molecule has 1 aliphatic heterocycles. The van der Waals surface area contributed by atoms with Crippen LogP contribution in [0.25, 0.3) is 0 Å². The Morgan fingerprint density at radius 2 is 2.00 bits per heavy atom. The highest BCUT2D eigenvalue weighted by Crippen LogP contribution is 2.08. The maximum Gasteiger partial charge on any atom is 0.404 e. The SMILES string of the molecule is CN(CC=O)C1CCNCC1.O=C(Cl)OCc1ccccc1. The molecule has 122 valence electrons. The minimum atomic E-state index is -0.770. The van der Waals surface area contributed by atoms with Crippen molar-refractivity contribution in [3.8, 4) is 0 Å². The Balaban J connectivity index is 0.000000220. The average Bonchev–Trinajstić information content (AvgIpc) is 2.55. The van der Waals surface area contributed by atoms with Gasteiger partial charge in [0, 0.05) is 17.6 Å². The third-order valence-corrected chi connectivity index (χ3v) is 3.60. The summed E-state index contributed by atoms with van der Waals surface area (Å²) < 4.78 is 4.55. The van der Waals surface area contributed by atoms with E-state index < -0.39 is 5.43 Å². The number of aldehydes is 1. The van der Waals surface area contributed by atoms with E-state index >= 15 is 0 Å². The zero-order valence-electron chi connectivity index (χ0n) is 12.8. The molecular formula is C16H23ClN2O3. The first kappa shape index (κ1) is 18.6. The molecule has 0 saturated carbocycles. The van der Waals surface area contributed by atoms with E-state index in [1.165, 1.54) is 12.8 Å². The number of rotatable bonds is 5. The van der Waals surface area contributed by atoms with Gasteiger partial charge < -0.3 is 14.8 Å². The summed E-state index contributed by atoms with van der Waals surface area (Å²) in [6.45, 7) is 3.00. The van der Waals surface area contributed by atoms with Crippen LogP contribution < -0.4 is 5.32 Å². The van der Waals surface area contributed by atoms with E-state index in [-0.39, 0.29) is 6.61 Å². The van der Waals surface area contributed by atoms with Gasteiger partial charge in [-0.1, -0.05) is 30.3 Å². The van der Waals surface area contributed by atoms with Gasteiger partial charge in [-0.2, -0.15) is 0 Å². The molecule has 1 aliphatic rings. The van der Waals surface area contributed by atoms with Gasteiger partial charge in [0.25, 0.3) is 0 Å². The van der Waals surface area contributed by atoms with Gasteiger partial charge in [0.2, 0.25) is 0 Å². The highest BCUT2D eigenvalue weighted by Gasteiger charge is 2.16.